The zero-order valence-electron chi connectivity index (χ0n) is 17.3. The van der Waals surface area contributed by atoms with E-state index in [1.807, 2.05) is 48.5 Å². The summed E-state index contributed by atoms with van der Waals surface area (Å²) < 4.78 is 10.8. The van der Waals surface area contributed by atoms with Crippen LogP contribution in [0.4, 0.5) is 5.69 Å². The Balaban J connectivity index is 1.40. The normalized spacial score (nSPS) is 11.1. The highest BCUT2D eigenvalue weighted by Gasteiger charge is 2.09. The van der Waals surface area contributed by atoms with E-state index >= 15 is 0 Å². The molecule has 0 unspecified atom stereocenters. The van der Waals surface area contributed by atoms with Crippen LogP contribution >= 0.6 is 0 Å². The number of H-pyrrole nitrogens is 1. The molecule has 0 spiro atoms. The van der Waals surface area contributed by atoms with Gasteiger partial charge in [0.05, 0.1) is 29.4 Å². The van der Waals surface area contributed by atoms with E-state index in [0.717, 1.165) is 16.6 Å². The average molecular weight is 424 g/mol. The van der Waals surface area contributed by atoms with Crippen LogP contribution in [-0.4, -0.2) is 29.6 Å². The van der Waals surface area contributed by atoms with E-state index in [0.29, 0.717) is 28.6 Å². The lowest BCUT2D eigenvalue weighted by molar-refractivity contribution is -0.118. The van der Waals surface area contributed by atoms with Crippen LogP contribution in [0.1, 0.15) is 11.4 Å². The molecule has 4 rings (SSSR count). The third kappa shape index (κ3) is 4.77. The second-order valence-corrected chi connectivity index (χ2v) is 6.88. The zero-order valence-corrected chi connectivity index (χ0v) is 17.3. The van der Waals surface area contributed by atoms with Crippen LogP contribution in [0.25, 0.3) is 22.7 Å². The number of benzene rings is 3. The van der Waals surface area contributed by atoms with Crippen LogP contribution in [0.5, 0.6) is 11.5 Å². The molecule has 0 aliphatic rings. The molecule has 0 saturated heterocycles. The van der Waals surface area contributed by atoms with Crippen LogP contribution in [0.3, 0.4) is 0 Å². The molecule has 7 heteroatoms. The third-order valence-electron chi connectivity index (χ3n) is 4.71. The van der Waals surface area contributed by atoms with Crippen molar-refractivity contribution in [2.24, 2.45) is 0 Å². The van der Waals surface area contributed by atoms with Crippen LogP contribution < -0.4 is 14.8 Å². The molecule has 32 heavy (non-hydrogen) atoms. The van der Waals surface area contributed by atoms with Crippen LogP contribution in [-0.2, 0) is 4.79 Å². The van der Waals surface area contributed by atoms with Gasteiger partial charge in [-0.1, -0.05) is 36.4 Å². The summed E-state index contributed by atoms with van der Waals surface area (Å²) in [7, 11) is 1.55. The van der Waals surface area contributed by atoms with E-state index in [-0.39, 0.29) is 12.5 Å². The first-order valence-corrected chi connectivity index (χ1v) is 9.89. The monoisotopic (exact) mass is 424 g/mol. The molecule has 0 radical (unpaired) electrons. The first-order valence-electron chi connectivity index (χ1n) is 9.89. The fourth-order valence-electron chi connectivity index (χ4n) is 3.14. The van der Waals surface area contributed by atoms with E-state index in [1.165, 1.54) is 0 Å². The van der Waals surface area contributed by atoms with Gasteiger partial charge >= 0.3 is 0 Å². The third-order valence-corrected chi connectivity index (χ3v) is 4.71. The Kier molecular flexibility index (Phi) is 6.14. The van der Waals surface area contributed by atoms with Crippen molar-refractivity contribution in [2.45, 2.75) is 0 Å². The summed E-state index contributed by atoms with van der Waals surface area (Å²) in [5.41, 5.74) is 3.50. The first-order chi connectivity index (χ1) is 15.7. The number of allylic oxidation sites excluding steroid dienone is 1. The molecule has 4 aromatic rings. The number of imidazole rings is 1. The summed E-state index contributed by atoms with van der Waals surface area (Å²) in [5.74, 6) is 1.34. The van der Waals surface area contributed by atoms with Gasteiger partial charge in [0.15, 0.2) is 6.61 Å². The highest BCUT2D eigenvalue weighted by Crippen LogP contribution is 2.23. The Hall–Kier alpha value is -4.57. The molecule has 0 saturated carbocycles. The predicted molar refractivity (Wildman–Crippen MR) is 123 cm³/mol. The molecular formula is C25H20N4O3. The summed E-state index contributed by atoms with van der Waals surface area (Å²) >= 11 is 0. The number of methoxy groups -OCH3 is 1. The zero-order chi connectivity index (χ0) is 22.3. The predicted octanol–water partition coefficient (Wildman–Crippen LogP) is 4.65. The standard InChI is InChI=1S/C25H20N4O3/c1-31-23-9-5-4-8-22(23)27-24(30)16-32-19-12-10-17(11-13-19)14-18(15-26)25-28-20-6-2-3-7-21(20)29-25/h2-14H,16H2,1H3,(H,27,30)(H,28,29)/b18-14+. The summed E-state index contributed by atoms with van der Waals surface area (Å²) in [6.45, 7) is -0.143. The van der Waals surface area contributed by atoms with Crippen molar-refractivity contribution >= 4 is 34.3 Å². The number of rotatable bonds is 7. The molecular weight excluding hydrogens is 404 g/mol. The van der Waals surface area contributed by atoms with Gasteiger partial charge in [0.2, 0.25) is 0 Å². The van der Waals surface area contributed by atoms with Gasteiger partial charge in [-0.2, -0.15) is 5.26 Å². The fourth-order valence-corrected chi connectivity index (χ4v) is 3.14. The number of anilines is 1. The minimum Gasteiger partial charge on any atom is -0.495 e. The molecule has 0 fully saturated rings. The Morgan fingerprint density at radius 1 is 1.09 bits per heavy atom. The highest BCUT2D eigenvalue weighted by atomic mass is 16.5. The molecule has 1 aromatic heterocycles. The maximum Gasteiger partial charge on any atom is 0.262 e. The molecule has 0 bridgehead atoms. The van der Waals surface area contributed by atoms with Gasteiger partial charge < -0.3 is 19.8 Å². The van der Waals surface area contributed by atoms with Crippen LogP contribution in [0.2, 0.25) is 0 Å². The molecule has 0 aliphatic carbocycles. The molecule has 2 N–H and O–H groups in total. The average Bonchev–Trinajstić information content (AvgIpc) is 3.26. The van der Waals surface area contributed by atoms with Gasteiger partial charge in [0.1, 0.15) is 23.4 Å². The molecule has 1 heterocycles. The van der Waals surface area contributed by atoms with E-state index in [1.54, 1.807) is 37.5 Å². The smallest absolute Gasteiger partial charge is 0.262 e. The lowest BCUT2D eigenvalue weighted by Gasteiger charge is -2.10. The van der Waals surface area contributed by atoms with Crippen molar-refractivity contribution < 1.29 is 14.3 Å². The van der Waals surface area contributed by atoms with E-state index in [4.69, 9.17) is 9.47 Å². The molecule has 0 aliphatic heterocycles. The second-order valence-electron chi connectivity index (χ2n) is 6.88. The summed E-state index contributed by atoms with van der Waals surface area (Å²) in [5, 5.41) is 12.3. The van der Waals surface area contributed by atoms with E-state index in [2.05, 4.69) is 21.4 Å². The first kappa shape index (κ1) is 20.7. The number of nitrogens with one attached hydrogen (secondary N) is 2. The molecule has 3 aromatic carbocycles. The summed E-state index contributed by atoms with van der Waals surface area (Å²) in [4.78, 5) is 19.8. The van der Waals surface area contributed by atoms with Crippen molar-refractivity contribution in [2.75, 3.05) is 19.0 Å². The quantitative estimate of drug-likeness (QED) is 0.421. The number of amides is 1. The van der Waals surface area contributed by atoms with E-state index in [9.17, 15) is 10.1 Å². The molecule has 0 atom stereocenters. The number of nitrogens with zero attached hydrogens (tertiary/aromatic N) is 2. The number of hydrogen-bond donors (Lipinski definition) is 2. The number of carbonyl (C=O) groups is 1. The van der Waals surface area contributed by atoms with Crippen molar-refractivity contribution in [1.29, 1.82) is 5.26 Å². The van der Waals surface area contributed by atoms with Gasteiger partial charge in [-0.3, -0.25) is 4.79 Å². The number of ether oxygens (including phenoxy) is 2. The van der Waals surface area contributed by atoms with Gasteiger partial charge in [0.25, 0.3) is 5.91 Å². The van der Waals surface area contributed by atoms with Crippen LogP contribution in [0, 0.1) is 11.3 Å². The molecule has 7 nitrogen and oxygen atoms in total. The number of aromatic amines is 1. The minimum absolute atomic E-state index is 0.143. The maximum absolute atomic E-state index is 12.2. The van der Waals surface area contributed by atoms with Crippen LogP contribution in [0.15, 0.2) is 72.8 Å². The summed E-state index contributed by atoms with van der Waals surface area (Å²) in [6.07, 6.45) is 1.75. The largest absolute Gasteiger partial charge is 0.495 e. The lowest BCUT2D eigenvalue weighted by Crippen LogP contribution is -2.20. The Morgan fingerprint density at radius 2 is 1.84 bits per heavy atom. The Bertz CT molecular complexity index is 1280. The fraction of sp³-hybridized carbons (Fsp3) is 0.0800. The Labute approximate surface area is 184 Å². The number of aromatic nitrogens is 2. The maximum atomic E-state index is 12.2. The van der Waals surface area contributed by atoms with Gasteiger partial charge in [-0.15, -0.1) is 0 Å². The van der Waals surface area contributed by atoms with Gasteiger partial charge in [-0.05, 0) is 48.0 Å². The number of carbonyl (C=O) groups excluding carboxylic acids is 1. The minimum atomic E-state index is -0.296. The SMILES string of the molecule is COc1ccccc1NC(=O)COc1ccc(/C=C(\C#N)c2nc3ccccc3[nH]2)cc1. The van der Waals surface area contributed by atoms with Crippen molar-refractivity contribution in [3.63, 3.8) is 0 Å². The Morgan fingerprint density at radius 3 is 2.59 bits per heavy atom. The highest BCUT2D eigenvalue weighted by molar-refractivity contribution is 5.93. The summed E-state index contributed by atoms with van der Waals surface area (Å²) in [6, 6.07) is 24.1. The van der Waals surface area contributed by atoms with E-state index < -0.39 is 0 Å². The van der Waals surface area contributed by atoms with Gasteiger partial charge in [-0.25, -0.2) is 4.98 Å². The lowest BCUT2D eigenvalue weighted by atomic mass is 10.1. The van der Waals surface area contributed by atoms with Crippen molar-refractivity contribution in [3.05, 3.63) is 84.2 Å². The van der Waals surface area contributed by atoms with Gasteiger partial charge in [0, 0.05) is 0 Å². The number of nitriles is 1. The number of para-hydroxylation sites is 4. The second kappa shape index (κ2) is 9.49. The van der Waals surface area contributed by atoms with Crippen molar-refractivity contribution in [1.82, 2.24) is 9.97 Å². The topological polar surface area (TPSA) is 100 Å². The molecule has 158 valence electrons. The van der Waals surface area contributed by atoms with Crippen molar-refractivity contribution in [3.8, 4) is 17.6 Å². The number of fused-ring (bicyclic) bond motifs is 1. The number of hydrogen-bond acceptors (Lipinski definition) is 5. The molecule has 1 amide bonds.